The van der Waals surface area contributed by atoms with Crippen molar-refractivity contribution >= 4 is 56.8 Å². The van der Waals surface area contributed by atoms with Crippen molar-refractivity contribution < 1.29 is 4.79 Å². The molecule has 0 saturated heterocycles. The van der Waals surface area contributed by atoms with Crippen LogP contribution in [0.25, 0.3) is 16.5 Å². The number of hydrogen-bond donors (Lipinski definition) is 1. The molecule has 5 aromatic carbocycles. The Labute approximate surface area is 225 Å². The summed E-state index contributed by atoms with van der Waals surface area (Å²) in [6.45, 7) is 0. The van der Waals surface area contributed by atoms with Gasteiger partial charge in [0.05, 0.1) is 22.8 Å². The van der Waals surface area contributed by atoms with Crippen molar-refractivity contribution in [1.29, 1.82) is 0 Å². The van der Waals surface area contributed by atoms with Crippen molar-refractivity contribution in [1.82, 2.24) is 0 Å². The summed E-state index contributed by atoms with van der Waals surface area (Å²) in [5.41, 5.74) is 4.98. The van der Waals surface area contributed by atoms with Crippen molar-refractivity contribution in [3.8, 4) is 0 Å². The second kappa shape index (κ2) is 9.43. The number of hydrogen-bond acceptors (Lipinski definition) is 5. The van der Waals surface area contributed by atoms with Crippen LogP contribution in [0.15, 0.2) is 144 Å². The fraction of sp³-hybridized carbons (Fsp3) is 0. The Bertz CT molecular complexity index is 1790. The van der Waals surface area contributed by atoms with E-state index in [1.165, 1.54) is 0 Å². The van der Waals surface area contributed by atoms with E-state index in [0.29, 0.717) is 11.5 Å². The number of amides is 1. The van der Waals surface area contributed by atoms with Crippen LogP contribution in [0.5, 0.6) is 0 Å². The third-order valence-electron chi connectivity index (χ3n) is 6.77. The molecular formula is C33H23N5O. The van der Waals surface area contributed by atoms with Gasteiger partial charge in [-0.1, -0.05) is 91.0 Å². The SMILES string of the molecule is O=C(Nc1ccccc1)C1=NN(c2ccccc2)C(c2ccccc2)=CC2=Nc3cccc4cccc(c34)N21. The van der Waals surface area contributed by atoms with Gasteiger partial charge in [-0.25, -0.2) is 10.0 Å². The minimum Gasteiger partial charge on any atom is -0.319 e. The van der Waals surface area contributed by atoms with Crippen LogP contribution < -0.4 is 15.2 Å². The Hall–Kier alpha value is -5.49. The molecule has 7 rings (SSSR count). The van der Waals surface area contributed by atoms with Crippen molar-refractivity contribution in [2.45, 2.75) is 0 Å². The first-order valence-electron chi connectivity index (χ1n) is 12.7. The molecule has 0 aliphatic carbocycles. The number of amidine groups is 2. The number of anilines is 3. The molecule has 0 bridgehead atoms. The number of nitrogens with zero attached hydrogens (tertiary/aromatic N) is 4. The highest BCUT2D eigenvalue weighted by Crippen LogP contribution is 2.41. The van der Waals surface area contributed by atoms with Gasteiger partial charge in [0.15, 0.2) is 0 Å². The molecule has 186 valence electrons. The average Bonchev–Trinajstić information content (AvgIpc) is 3.16. The third kappa shape index (κ3) is 4.04. The molecule has 0 radical (unpaired) electrons. The first-order valence-corrected chi connectivity index (χ1v) is 12.7. The van der Waals surface area contributed by atoms with E-state index in [9.17, 15) is 4.79 Å². The van der Waals surface area contributed by atoms with Crippen LogP contribution in [0.4, 0.5) is 22.7 Å². The minimum absolute atomic E-state index is 0.214. The fourth-order valence-electron chi connectivity index (χ4n) is 5.01. The van der Waals surface area contributed by atoms with Gasteiger partial charge in [-0.2, -0.15) is 0 Å². The molecule has 39 heavy (non-hydrogen) atoms. The van der Waals surface area contributed by atoms with Crippen LogP contribution in [0.3, 0.4) is 0 Å². The van der Waals surface area contributed by atoms with Crippen LogP contribution in [-0.4, -0.2) is 17.6 Å². The van der Waals surface area contributed by atoms with Crippen molar-refractivity contribution in [2.75, 3.05) is 15.2 Å². The van der Waals surface area contributed by atoms with E-state index in [1.807, 2.05) is 131 Å². The number of aliphatic imine (C=N–C) groups is 1. The normalized spacial score (nSPS) is 14.1. The lowest BCUT2D eigenvalue weighted by Crippen LogP contribution is -2.44. The van der Waals surface area contributed by atoms with E-state index in [-0.39, 0.29) is 11.7 Å². The van der Waals surface area contributed by atoms with E-state index in [2.05, 4.69) is 17.4 Å². The smallest absolute Gasteiger partial charge is 0.293 e. The quantitative estimate of drug-likeness (QED) is 0.281. The highest BCUT2D eigenvalue weighted by atomic mass is 16.2. The summed E-state index contributed by atoms with van der Waals surface area (Å²) in [4.78, 5) is 21.0. The Balaban J connectivity index is 1.50. The lowest BCUT2D eigenvalue weighted by Gasteiger charge is -2.29. The van der Waals surface area contributed by atoms with Crippen molar-refractivity contribution in [2.24, 2.45) is 10.1 Å². The molecule has 5 aromatic rings. The maximum Gasteiger partial charge on any atom is 0.293 e. The summed E-state index contributed by atoms with van der Waals surface area (Å²) in [7, 11) is 0. The van der Waals surface area contributed by atoms with Crippen LogP contribution in [-0.2, 0) is 4.79 Å². The molecule has 0 spiro atoms. The molecule has 2 aliphatic heterocycles. The molecule has 0 saturated carbocycles. The van der Waals surface area contributed by atoms with E-state index < -0.39 is 0 Å². The zero-order chi connectivity index (χ0) is 26.2. The fourth-order valence-corrected chi connectivity index (χ4v) is 5.01. The van der Waals surface area contributed by atoms with Gasteiger partial charge in [-0.3, -0.25) is 9.69 Å². The van der Waals surface area contributed by atoms with E-state index in [0.717, 1.165) is 39.1 Å². The van der Waals surface area contributed by atoms with Gasteiger partial charge in [0, 0.05) is 22.7 Å². The number of nitrogens with one attached hydrogen (secondary N) is 1. The number of para-hydroxylation sites is 2. The van der Waals surface area contributed by atoms with E-state index in [4.69, 9.17) is 10.1 Å². The van der Waals surface area contributed by atoms with Gasteiger partial charge in [0.2, 0.25) is 5.84 Å². The standard InChI is InChI=1S/C33H23N5O/c39-33(34-25-16-6-2-7-17-25)32-36-38(26-18-8-3-9-19-26)29(23-12-4-1-5-13-23)22-30-35-27-20-10-14-24-15-11-21-28(31(24)27)37(30)32/h1-22H,(H,34,39). The Kier molecular flexibility index (Phi) is 5.49. The predicted molar refractivity (Wildman–Crippen MR) is 159 cm³/mol. The average molecular weight is 506 g/mol. The van der Waals surface area contributed by atoms with Gasteiger partial charge >= 0.3 is 0 Å². The predicted octanol–water partition coefficient (Wildman–Crippen LogP) is 7.20. The number of hydrazone groups is 1. The molecule has 6 heteroatoms. The lowest BCUT2D eigenvalue weighted by atomic mass is 10.0. The first kappa shape index (κ1) is 22.7. The van der Waals surface area contributed by atoms with Crippen LogP contribution in [0.1, 0.15) is 5.56 Å². The Morgan fingerprint density at radius 2 is 1.36 bits per heavy atom. The summed E-state index contributed by atoms with van der Waals surface area (Å²) < 4.78 is 0. The summed E-state index contributed by atoms with van der Waals surface area (Å²) in [5.74, 6) is 0.486. The minimum atomic E-state index is -0.339. The van der Waals surface area contributed by atoms with E-state index in [1.54, 1.807) is 0 Å². The second-order valence-corrected chi connectivity index (χ2v) is 9.24. The largest absolute Gasteiger partial charge is 0.319 e. The molecule has 6 nitrogen and oxygen atoms in total. The van der Waals surface area contributed by atoms with Gasteiger partial charge in [-0.15, -0.1) is 5.10 Å². The highest BCUT2D eigenvalue weighted by Gasteiger charge is 2.34. The van der Waals surface area contributed by atoms with E-state index >= 15 is 0 Å². The number of fused-ring (bicyclic) bond motifs is 2. The summed E-state index contributed by atoms with van der Waals surface area (Å²) in [6, 6.07) is 41.4. The zero-order valence-electron chi connectivity index (χ0n) is 20.9. The van der Waals surface area contributed by atoms with Gasteiger partial charge in [0.1, 0.15) is 5.84 Å². The maximum absolute atomic E-state index is 14.0. The first-order chi connectivity index (χ1) is 19.3. The number of carbonyl (C=O) groups excluding carboxylic acids is 1. The molecule has 0 unspecified atom stereocenters. The van der Waals surface area contributed by atoms with Crippen LogP contribution in [0.2, 0.25) is 0 Å². The van der Waals surface area contributed by atoms with Crippen molar-refractivity contribution in [3.05, 3.63) is 139 Å². The zero-order valence-corrected chi connectivity index (χ0v) is 20.9. The Morgan fingerprint density at radius 3 is 2.10 bits per heavy atom. The monoisotopic (exact) mass is 505 g/mol. The van der Waals surface area contributed by atoms with Gasteiger partial charge in [0.25, 0.3) is 5.91 Å². The van der Waals surface area contributed by atoms with Gasteiger partial charge in [-0.05, 0) is 41.8 Å². The summed E-state index contributed by atoms with van der Waals surface area (Å²) in [5, 5.41) is 11.9. The topological polar surface area (TPSA) is 60.3 Å². The van der Waals surface area contributed by atoms with Crippen LogP contribution in [0, 0.1) is 0 Å². The number of benzene rings is 5. The summed E-state index contributed by atoms with van der Waals surface area (Å²) >= 11 is 0. The lowest BCUT2D eigenvalue weighted by molar-refractivity contribution is -0.110. The maximum atomic E-state index is 14.0. The third-order valence-corrected chi connectivity index (χ3v) is 6.77. The number of rotatable bonds is 4. The molecule has 1 N–H and O–H groups in total. The molecule has 0 fully saturated rings. The molecule has 2 heterocycles. The molecule has 2 aliphatic rings. The second-order valence-electron chi connectivity index (χ2n) is 9.24. The van der Waals surface area contributed by atoms with Crippen molar-refractivity contribution in [3.63, 3.8) is 0 Å². The Morgan fingerprint density at radius 1 is 0.692 bits per heavy atom. The van der Waals surface area contributed by atoms with Crippen LogP contribution >= 0.6 is 0 Å². The summed E-state index contributed by atoms with van der Waals surface area (Å²) in [6.07, 6.45) is 2.00. The highest BCUT2D eigenvalue weighted by molar-refractivity contribution is 6.53. The molecule has 0 atom stereocenters. The number of carbonyl (C=O) groups is 1. The molecule has 1 amide bonds. The molecule has 0 aromatic heterocycles. The molecular weight excluding hydrogens is 482 g/mol. The van der Waals surface area contributed by atoms with Gasteiger partial charge < -0.3 is 5.32 Å².